The highest BCUT2D eigenvalue weighted by atomic mass is 32.2. The summed E-state index contributed by atoms with van der Waals surface area (Å²) in [4.78, 5) is 29.0. The van der Waals surface area contributed by atoms with E-state index in [1.807, 2.05) is 24.3 Å². The van der Waals surface area contributed by atoms with Gasteiger partial charge in [-0.05, 0) is 22.9 Å². The summed E-state index contributed by atoms with van der Waals surface area (Å²) in [5.74, 6) is -0.681. The number of carbonyl (C=O) groups is 2. The van der Waals surface area contributed by atoms with Crippen LogP contribution in [-0.2, 0) is 29.1 Å². The molecule has 0 aliphatic carbocycles. The Morgan fingerprint density at radius 2 is 1.28 bits per heavy atom. The lowest BCUT2D eigenvalue weighted by Gasteiger charge is -2.31. The molecule has 4 rings (SSSR count). The van der Waals surface area contributed by atoms with Gasteiger partial charge in [0, 0.05) is 26.2 Å². The van der Waals surface area contributed by atoms with E-state index in [-0.39, 0.29) is 16.7 Å². The number of amides is 2. The first-order valence-corrected chi connectivity index (χ1v) is 12.1. The predicted molar refractivity (Wildman–Crippen MR) is 118 cm³/mol. The number of sulfonamides is 1. The van der Waals surface area contributed by atoms with E-state index in [2.05, 4.69) is 0 Å². The fourth-order valence-corrected chi connectivity index (χ4v) is 5.20. The molecule has 0 atom stereocenters. The quantitative estimate of drug-likeness (QED) is 0.623. The van der Waals surface area contributed by atoms with Crippen LogP contribution in [0.5, 0.6) is 0 Å². The van der Waals surface area contributed by atoms with Gasteiger partial charge in [0.1, 0.15) is 0 Å². The molecule has 172 valence electrons. The van der Waals surface area contributed by atoms with E-state index < -0.39 is 23.1 Å². The van der Waals surface area contributed by atoms with E-state index in [1.165, 1.54) is 6.07 Å². The van der Waals surface area contributed by atoms with Crippen molar-refractivity contribution in [3.8, 4) is 0 Å². The predicted octanol–water partition coefficient (Wildman–Crippen LogP) is 0.548. The first-order valence-electron chi connectivity index (χ1n) is 10.7. The number of benzene rings is 2. The molecule has 2 amide bonds. The second-order valence-electron chi connectivity index (χ2n) is 7.77. The summed E-state index contributed by atoms with van der Waals surface area (Å²) in [5.41, 5.74) is 0. The molecule has 2 aliphatic rings. The van der Waals surface area contributed by atoms with Crippen LogP contribution < -0.4 is 0 Å². The van der Waals surface area contributed by atoms with Crippen LogP contribution >= 0.6 is 0 Å². The Hall–Kier alpha value is -2.53. The van der Waals surface area contributed by atoms with Crippen molar-refractivity contribution in [2.24, 2.45) is 0 Å². The van der Waals surface area contributed by atoms with Crippen LogP contribution in [0, 0.1) is 0 Å². The van der Waals surface area contributed by atoms with Gasteiger partial charge in [0.2, 0.25) is 21.8 Å². The molecule has 2 fully saturated rings. The van der Waals surface area contributed by atoms with Crippen LogP contribution in [0.25, 0.3) is 10.8 Å². The Balaban J connectivity index is 1.60. The smallest absolute Gasteiger partial charge is 0.244 e. The van der Waals surface area contributed by atoms with E-state index in [1.54, 1.807) is 21.9 Å². The lowest BCUT2D eigenvalue weighted by Crippen LogP contribution is -2.51. The third-order valence-electron chi connectivity index (χ3n) is 5.71. The highest BCUT2D eigenvalue weighted by Crippen LogP contribution is 2.22. The number of morpholine rings is 2. The topological polar surface area (TPSA) is 96.5 Å². The molecular weight excluding hydrogens is 434 g/mol. The van der Waals surface area contributed by atoms with Gasteiger partial charge in [-0.25, -0.2) is 8.42 Å². The first kappa shape index (κ1) is 22.7. The third-order valence-corrected chi connectivity index (χ3v) is 7.50. The van der Waals surface area contributed by atoms with Crippen molar-refractivity contribution in [2.75, 3.05) is 65.7 Å². The summed E-state index contributed by atoms with van der Waals surface area (Å²) in [6.07, 6.45) is 0. The molecule has 32 heavy (non-hydrogen) atoms. The van der Waals surface area contributed by atoms with Crippen LogP contribution in [0.3, 0.4) is 0 Å². The van der Waals surface area contributed by atoms with Crippen molar-refractivity contribution in [3.63, 3.8) is 0 Å². The van der Waals surface area contributed by atoms with E-state index in [0.29, 0.717) is 52.6 Å². The molecule has 0 bridgehead atoms. The first-order chi connectivity index (χ1) is 15.4. The maximum atomic E-state index is 13.5. The van der Waals surface area contributed by atoms with Gasteiger partial charge in [-0.1, -0.05) is 30.3 Å². The summed E-state index contributed by atoms with van der Waals surface area (Å²) < 4.78 is 38.6. The van der Waals surface area contributed by atoms with Crippen LogP contribution in [0.4, 0.5) is 0 Å². The highest BCUT2D eigenvalue weighted by Gasteiger charge is 2.32. The molecule has 0 spiro atoms. The monoisotopic (exact) mass is 461 g/mol. The number of ether oxygens (including phenoxy) is 2. The van der Waals surface area contributed by atoms with Crippen LogP contribution in [0.15, 0.2) is 47.4 Å². The van der Waals surface area contributed by atoms with E-state index in [9.17, 15) is 18.0 Å². The minimum Gasteiger partial charge on any atom is -0.378 e. The molecule has 9 nitrogen and oxygen atoms in total. The molecule has 2 aromatic rings. The normalized spacial score (nSPS) is 17.7. The third kappa shape index (κ3) is 5.09. The minimum atomic E-state index is -4.08. The summed E-state index contributed by atoms with van der Waals surface area (Å²) in [5, 5.41) is 1.68. The van der Waals surface area contributed by atoms with Crippen molar-refractivity contribution in [1.82, 2.24) is 14.1 Å². The maximum Gasteiger partial charge on any atom is 0.244 e. The fraction of sp³-hybridized carbons (Fsp3) is 0.455. The van der Waals surface area contributed by atoms with E-state index in [0.717, 1.165) is 15.1 Å². The van der Waals surface area contributed by atoms with Crippen molar-refractivity contribution in [2.45, 2.75) is 4.90 Å². The summed E-state index contributed by atoms with van der Waals surface area (Å²) >= 11 is 0. The minimum absolute atomic E-state index is 0.0563. The second-order valence-corrected chi connectivity index (χ2v) is 9.71. The second kappa shape index (κ2) is 9.95. The van der Waals surface area contributed by atoms with Gasteiger partial charge in [-0.2, -0.15) is 4.31 Å². The number of nitrogens with zero attached hydrogens (tertiary/aromatic N) is 3. The molecule has 2 heterocycles. The summed E-state index contributed by atoms with van der Waals surface area (Å²) in [6, 6.07) is 12.3. The van der Waals surface area contributed by atoms with Gasteiger partial charge < -0.3 is 19.3 Å². The number of carbonyl (C=O) groups excluding carboxylic acids is 2. The number of hydrogen-bond acceptors (Lipinski definition) is 6. The molecule has 2 aliphatic heterocycles. The van der Waals surface area contributed by atoms with Crippen molar-refractivity contribution < 1.29 is 27.5 Å². The molecule has 2 saturated heterocycles. The Bertz CT molecular complexity index is 1050. The molecule has 2 aromatic carbocycles. The highest BCUT2D eigenvalue weighted by molar-refractivity contribution is 7.89. The Morgan fingerprint density at radius 1 is 0.781 bits per heavy atom. The zero-order valence-corrected chi connectivity index (χ0v) is 18.6. The van der Waals surface area contributed by atoms with Crippen molar-refractivity contribution in [1.29, 1.82) is 0 Å². The molecule has 0 N–H and O–H groups in total. The standard InChI is InChI=1S/C22H27N3O6S/c26-21(23-7-11-30-12-8-23)16-25(17-22(27)24-9-13-31-14-10-24)32(28,29)20-6-5-18-3-1-2-4-19(18)15-20/h1-6,15H,7-14,16-17H2. The summed E-state index contributed by atoms with van der Waals surface area (Å²) in [7, 11) is -4.08. The molecular formula is C22H27N3O6S. The van der Waals surface area contributed by atoms with Crippen LogP contribution in [0.2, 0.25) is 0 Å². The Morgan fingerprint density at radius 3 is 1.81 bits per heavy atom. The van der Waals surface area contributed by atoms with Crippen LogP contribution in [-0.4, -0.2) is 100 Å². The van der Waals surface area contributed by atoms with Crippen LogP contribution in [0.1, 0.15) is 0 Å². The molecule has 10 heteroatoms. The Kier molecular flexibility index (Phi) is 7.04. The fourth-order valence-electron chi connectivity index (χ4n) is 3.83. The van der Waals surface area contributed by atoms with Crippen molar-refractivity contribution in [3.05, 3.63) is 42.5 Å². The number of rotatable bonds is 6. The lowest BCUT2D eigenvalue weighted by molar-refractivity contribution is -0.138. The average molecular weight is 462 g/mol. The number of fused-ring (bicyclic) bond motifs is 1. The summed E-state index contributed by atoms with van der Waals surface area (Å²) in [6.45, 7) is 2.47. The molecule has 0 unspecified atom stereocenters. The number of hydrogen-bond donors (Lipinski definition) is 0. The van der Waals surface area contributed by atoms with Gasteiger partial charge in [0.15, 0.2) is 0 Å². The molecule has 0 radical (unpaired) electrons. The van der Waals surface area contributed by atoms with Gasteiger partial charge in [0.25, 0.3) is 0 Å². The van der Waals surface area contributed by atoms with Gasteiger partial charge in [-0.3, -0.25) is 9.59 Å². The Labute approximate surface area is 187 Å². The molecule has 0 saturated carbocycles. The largest absolute Gasteiger partial charge is 0.378 e. The maximum absolute atomic E-state index is 13.5. The average Bonchev–Trinajstić information content (AvgIpc) is 2.84. The zero-order valence-electron chi connectivity index (χ0n) is 17.8. The van der Waals surface area contributed by atoms with Gasteiger partial charge >= 0.3 is 0 Å². The lowest BCUT2D eigenvalue weighted by atomic mass is 10.1. The van der Waals surface area contributed by atoms with Crippen molar-refractivity contribution >= 4 is 32.6 Å². The SMILES string of the molecule is O=C(CN(CC(=O)N1CCOCC1)S(=O)(=O)c1ccc2ccccc2c1)N1CCOCC1. The van der Waals surface area contributed by atoms with E-state index in [4.69, 9.17) is 9.47 Å². The van der Waals surface area contributed by atoms with Gasteiger partial charge in [0.05, 0.1) is 44.4 Å². The zero-order chi connectivity index (χ0) is 22.6. The molecule has 0 aromatic heterocycles. The van der Waals surface area contributed by atoms with Gasteiger partial charge in [-0.15, -0.1) is 0 Å². The van der Waals surface area contributed by atoms with E-state index >= 15 is 0 Å².